The van der Waals surface area contributed by atoms with E-state index in [-0.39, 0.29) is 17.9 Å². The van der Waals surface area contributed by atoms with Gasteiger partial charge in [-0.15, -0.1) is 0 Å². The highest BCUT2D eigenvalue weighted by Crippen LogP contribution is 2.49. The standard InChI is InChI=1S/C23H24N4O3/c24-11-16-9-14(1-2-20(16)30-17-4-7-29-8-5-17)15-3-6-26-21(10-15)27-23(28)22-18-12-25-13-19(18)22/h1-3,6,9-10,17-19,22,25H,4-5,7-8,12-13H2,(H,26,27,28)/t18-,19+,22?. The van der Waals surface area contributed by atoms with Gasteiger partial charge in [-0.05, 0) is 60.3 Å². The fourth-order valence-corrected chi connectivity index (χ4v) is 4.57. The second kappa shape index (κ2) is 8.05. The number of nitrogens with zero attached hydrogens (tertiary/aromatic N) is 2. The molecule has 1 amide bonds. The summed E-state index contributed by atoms with van der Waals surface area (Å²) in [6.45, 7) is 3.23. The van der Waals surface area contributed by atoms with Crippen LogP contribution < -0.4 is 15.4 Å². The molecule has 2 aliphatic heterocycles. The predicted molar refractivity (Wildman–Crippen MR) is 111 cm³/mol. The highest BCUT2D eigenvalue weighted by molar-refractivity contribution is 5.94. The average molecular weight is 404 g/mol. The zero-order valence-corrected chi connectivity index (χ0v) is 16.6. The van der Waals surface area contributed by atoms with Crippen LogP contribution in [0.25, 0.3) is 11.1 Å². The Morgan fingerprint density at radius 2 is 1.93 bits per heavy atom. The van der Waals surface area contributed by atoms with Crippen molar-refractivity contribution in [2.24, 2.45) is 17.8 Å². The molecule has 3 heterocycles. The first-order valence-electron chi connectivity index (χ1n) is 10.5. The third-order valence-electron chi connectivity index (χ3n) is 6.30. The van der Waals surface area contributed by atoms with E-state index in [1.54, 1.807) is 6.20 Å². The number of piperidine rings is 1. The molecule has 7 nitrogen and oxygen atoms in total. The topological polar surface area (TPSA) is 96.3 Å². The molecule has 1 saturated carbocycles. The molecular formula is C23H24N4O3. The quantitative estimate of drug-likeness (QED) is 0.795. The second-order valence-corrected chi connectivity index (χ2v) is 8.18. The van der Waals surface area contributed by atoms with Gasteiger partial charge in [-0.2, -0.15) is 5.26 Å². The summed E-state index contributed by atoms with van der Waals surface area (Å²) in [4.78, 5) is 16.8. The van der Waals surface area contributed by atoms with E-state index >= 15 is 0 Å². The fourth-order valence-electron chi connectivity index (χ4n) is 4.57. The van der Waals surface area contributed by atoms with Crippen LogP contribution in [0.3, 0.4) is 0 Å². The molecule has 0 spiro atoms. The van der Waals surface area contributed by atoms with Gasteiger partial charge in [-0.25, -0.2) is 4.98 Å². The van der Waals surface area contributed by atoms with Gasteiger partial charge in [0.1, 0.15) is 23.7 Å². The fraction of sp³-hybridized carbons (Fsp3) is 0.435. The van der Waals surface area contributed by atoms with Crippen molar-refractivity contribution < 1.29 is 14.3 Å². The van der Waals surface area contributed by atoms with E-state index < -0.39 is 0 Å². The summed E-state index contributed by atoms with van der Waals surface area (Å²) in [5, 5.41) is 15.9. The third-order valence-corrected chi connectivity index (χ3v) is 6.30. The molecule has 2 saturated heterocycles. The number of nitriles is 1. The largest absolute Gasteiger partial charge is 0.489 e. The van der Waals surface area contributed by atoms with Gasteiger partial charge in [-0.3, -0.25) is 4.79 Å². The van der Waals surface area contributed by atoms with Crippen LogP contribution in [-0.4, -0.2) is 43.3 Å². The van der Waals surface area contributed by atoms with Gasteiger partial charge < -0.3 is 20.1 Å². The normalized spacial score (nSPS) is 25.2. The lowest BCUT2D eigenvalue weighted by atomic mass is 10.0. The van der Waals surface area contributed by atoms with Crippen molar-refractivity contribution >= 4 is 11.7 Å². The Hall–Kier alpha value is -2.95. The number of ether oxygens (including phenoxy) is 2. The molecule has 154 valence electrons. The predicted octanol–water partition coefficient (Wildman–Crippen LogP) is 2.58. The van der Waals surface area contributed by atoms with Gasteiger partial charge >= 0.3 is 0 Å². The van der Waals surface area contributed by atoms with Gasteiger partial charge in [0.05, 0.1) is 18.8 Å². The first kappa shape index (κ1) is 19.0. The monoisotopic (exact) mass is 404 g/mol. The molecule has 0 radical (unpaired) electrons. The molecule has 0 bridgehead atoms. The Kier molecular flexibility index (Phi) is 5.11. The maximum absolute atomic E-state index is 12.5. The Bertz CT molecular complexity index is 986. The molecule has 7 heteroatoms. The number of nitrogens with one attached hydrogen (secondary N) is 2. The summed E-state index contributed by atoms with van der Waals surface area (Å²) in [5.41, 5.74) is 2.28. The van der Waals surface area contributed by atoms with Gasteiger partial charge in [0.15, 0.2) is 0 Å². The van der Waals surface area contributed by atoms with Crippen molar-refractivity contribution in [3.63, 3.8) is 0 Å². The van der Waals surface area contributed by atoms with E-state index in [4.69, 9.17) is 9.47 Å². The van der Waals surface area contributed by atoms with E-state index in [1.807, 2.05) is 30.3 Å². The van der Waals surface area contributed by atoms with Crippen molar-refractivity contribution in [1.82, 2.24) is 10.3 Å². The lowest BCUT2D eigenvalue weighted by Crippen LogP contribution is -2.26. The van der Waals surface area contributed by atoms with Gasteiger partial charge in [0, 0.05) is 25.0 Å². The Morgan fingerprint density at radius 3 is 2.70 bits per heavy atom. The molecule has 1 unspecified atom stereocenters. The second-order valence-electron chi connectivity index (χ2n) is 8.18. The molecule has 2 aromatic rings. The number of pyridine rings is 1. The molecular weight excluding hydrogens is 380 g/mol. The smallest absolute Gasteiger partial charge is 0.229 e. The number of carbonyl (C=O) groups excluding carboxylic acids is 1. The molecule has 1 aromatic carbocycles. The van der Waals surface area contributed by atoms with Crippen molar-refractivity contribution in [2.45, 2.75) is 18.9 Å². The van der Waals surface area contributed by atoms with Crippen LogP contribution in [0.15, 0.2) is 36.5 Å². The number of rotatable bonds is 5. The van der Waals surface area contributed by atoms with Crippen molar-refractivity contribution in [3.8, 4) is 22.9 Å². The zero-order chi connectivity index (χ0) is 20.5. The molecule has 5 rings (SSSR count). The van der Waals surface area contributed by atoms with E-state index in [1.165, 1.54) is 0 Å². The third kappa shape index (κ3) is 3.76. The van der Waals surface area contributed by atoms with Crippen LogP contribution in [0.1, 0.15) is 18.4 Å². The molecule has 3 atom stereocenters. The van der Waals surface area contributed by atoms with E-state index in [9.17, 15) is 10.1 Å². The Labute approximate surface area is 175 Å². The summed E-state index contributed by atoms with van der Waals surface area (Å²) >= 11 is 0. The lowest BCUT2D eigenvalue weighted by molar-refractivity contribution is -0.118. The van der Waals surface area contributed by atoms with E-state index in [0.29, 0.717) is 42.2 Å². The number of amides is 1. The van der Waals surface area contributed by atoms with Crippen LogP contribution in [0, 0.1) is 29.1 Å². The average Bonchev–Trinajstić information content (AvgIpc) is 3.27. The number of carbonyl (C=O) groups is 1. The molecule has 30 heavy (non-hydrogen) atoms. The summed E-state index contributed by atoms with van der Waals surface area (Å²) in [6.07, 6.45) is 3.42. The maximum atomic E-state index is 12.5. The van der Waals surface area contributed by atoms with Crippen LogP contribution in [0.4, 0.5) is 5.82 Å². The number of aromatic nitrogens is 1. The first-order chi connectivity index (χ1) is 14.7. The SMILES string of the molecule is N#Cc1cc(-c2ccnc(NC(=O)C3[C@H]4CNC[C@@H]34)c2)ccc1OC1CCOCC1. The van der Waals surface area contributed by atoms with Gasteiger partial charge in [-0.1, -0.05) is 6.07 Å². The number of fused-ring (bicyclic) bond motifs is 1. The van der Waals surface area contributed by atoms with Crippen LogP contribution >= 0.6 is 0 Å². The van der Waals surface area contributed by atoms with E-state index in [0.717, 1.165) is 37.1 Å². The van der Waals surface area contributed by atoms with Gasteiger partial charge in [0.25, 0.3) is 0 Å². The minimum absolute atomic E-state index is 0.0501. The summed E-state index contributed by atoms with van der Waals surface area (Å²) < 4.78 is 11.4. The number of hydrogen-bond donors (Lipinski definition) is 2. The number of anilines is 1. The van der Waals surface area contributed by atoms with Gasteiger partial charge in [0.2, 0.25) is 5.91 Å². The minimum Gasteiger partial charge on any atom is -0.489 e. The summed E-state index contributed by atoms with van der Waals surface area (Å²) in [6, 6.07) is 11.6. The molecule has 2 N–H and O–H groups in total. The summed E-state index contributed by atoms with van der Waals surface area (Å²) in [5.74, 6) is 2.22. The molecule has 1 aliphatic carbocycles. The van der Waals surface area contributed by atoms with E-state index in [2.05, 4.69) is 21.7 Å². The van der Waals surface area contributed by atoms with Crippen molar-refractivity contribution in [3.05, 3.63) is 42.1 Å². The molecule has 3 aliphatic rings. The van der Waals surface area contributed by atoms with Crippen LogP contribution in [-0.2, 0) is 9.53 Å². The number of benzene rings is 1. The highest BCUT2D eigenvalue weighted by Gasteiger charge is 2.56. The Balaban J connectivity index is 1.30. The Morgan fingerprint density at radius 1 is 1.17 bits per heavy atom. The highest BCUT2D eigenvalue weighted by atomic mass is 16.5. The number of hydrogen-bond acceptors (Lipinski definition) is 6. The molecule has 3 fully saturated rings. The first-order valence-corrected chi connectivity index (χ1v) is 10.5. The minimum atomic E-state index is 0.0501. The van der Waals surface area contributed by atoms with Crippen LogP contribution in [0.2, 0.25) is 0 Å². The van der Waals surface area contributed by atoms with Crippen molar-refractivity contribution in [1.29, 1.82) is 5.26 Å². The summed E-state index contributed by atoms with van der Waals surface area (Å²) in [7, 11) is 0. The zero-order valence-electron chi connectivity index (χ0n) is 16.6. The maximum Gasteiger partial charge on any atom is 0.229 e. The van der Waals surface area contributed by atoms with Crippen molar-refractivity contribution in [2.75, 3.05) is 31.6 Å². The molecule has 1 aromatic heterocycles. The van der Waals surface area contributed by atoms with Crippen LogP contribution in [0.5, 0.6) is 5.75 Å². The lowest BCUT2D eigenvalue weighted by Gasteiger charge is -2.23.